The number of ether oxygens (including phenoxy) is 1. The summed E-state index contributed by atoms with van der Waals surface area (Å²) in [5, 5.41) is 8.90. The lowest BCUT2D eigenvalue weighted by atomic mass is 10.3. The van der Waals surface area contributed by atoms with Crippen LogP contribution in [0.4, 0.5) is 0 Å². The van der Waals surface area contributed by atoms with Crippen LogP contribution in [0.1, 0.15) is 20.3 Å². The molecule has 2 heterocycles. The molecule has 0 unspecified atom stereocenters. The second-order valence-corrected chi connectivity index (χ2v) is 5.99. The number of nitrogens with zero attached hydrogens (tertiary/aromatic N) is 4. The normalized spacial score (nSPS) is 11.0. The highest BCUT2D eigenvalue weighted by atomic mass is 32.2. The fourth-order valence-electron chi connectivity index (χ4n) is 2.23. The second-order valence-electron chi connectivity index (χ2n) is 4.92. The van der Waals surface area contributed by atoms with Crippen molar-refractivity contribution in [2.24, 2.45) is 0 Å². The molecule has 0 saturated heterocycles. The number of hydrogen-bond acceptors (Lipinski definition) is 5. The Kier molecular flexibility index (Phi) is 4.66. The lowest BCUT2D eigenvalue weighted by Crippen LogP contribution is -2.20. The quantitative estimate of drug-likeness (QED) is 0.650. The molecule has 0 amide bonds. The van der Waals surface area contributed by atoms with Crippen molar-refractivity contribution in [2.75, 3.05) is 12.4 Å². The van der Waals surface area contributed by atoms with E-state index in [0.29, 0.717) is 12.3 Å². The molecule has 7 heteroatoms. The minimum Gasteiger partial charge on any atom is -0.494 e. The molecule has 1 aromatic carbocycles. The number of benzene rings is 1. The van der Waals surface area contributed by atoms with Crippen LogP contribution < -0.4 is 10.3 Å². The Morgan fingerprint density at radius 3 is 2.61 bits per heavy atom. The second kappa shape index (κ2) is 6.87. The molecule has 23 heavy (non-hydrogen) atoms. The Balaban J connectivity index is 1.99. The molecule has 3 rings (SSSR count). The van der Waals surface area contributed by atoms with Gasteiger partial charge in [0.05, 0.1) is 6.61 Å². The molecular formula is C16H18N4O2S. The first-order valence-corrected chi connectivity index (χ1v) is 8.55. The van der Waals surface area contributed by atoms with E-state index in [4.69, 9.17) is 4.74 Å². The van der Waals surface area contributed by atoms with Crippen LogP contribution in [0.25, 0.3) is 11.3 Å². The Morgan fingerprint density at radius 1 is 1.13 bits per heavy atom. The Labute approximate surface area is 138 Å². The SMILES string of the molecule is CCCSc1nnc2c(=O)n(-c3ccc(OCC)cc3)ccn12. The van der Waals surface area contributed by atoms with Gasteiger partial charge in [-0.25, -0.2) is 0 Å². The van der Waals surface area contributed by atoms with E-state index < -0.39 is 0 Å². The molecule has 0 N–H and O–H groups in total. The summed E-state index contributed by atoms with van der Waals surface area (Å²) in [7, 11) is 0. The van der Waals surface area contributed by atoms with Crippen molar-refractivity contribution in [3.8, 4) is 11.4 Å². The molecular weight excluding hydrogens is 312 g/mol. The van der Waals surface area contributed by atoms with E-state index in [1.165, 1.54) is 0 Å². The van der Waals surface area contributed by atoms with E-state index in [1.807, 2.05) is 37.4 Å². The van der Waals surface area contributed by atoms with Crippen LogP contribution in [0.5, 0.6) is 5.75 Å². The maximum atomic E-state index is 12.6. The van der Waals surface area contributed by atoms with Gasteiger partial charge in [0.25, 0.3) is 0 Å². The fourth-order valence-corrected chi connectivity index (χ4v) is 3.00. The van der Waals surface area contributed by atoms with E-state index in [2.05, 4.69) is 17.1 Å². The summed E-state index contributed by atoms with van der Waals surface area (Å²) >= 11 is 1.60. The highest BCUT2D eigenvalue weighted by Crippen LogP contribution is 2.17. The number of hydrogen-bond donors (Lipinski definition) is 0. The maximum absolute atomic E-state index is 12.6. The van der Waals surface area contributed by atoms with Gasteiger partial charge in [-0.1, -0.05) is 18.7 Å². The summed E-state index contributed by atoms with van der Waals surface area (Å²) in [6.07, 6.45) is 4.61. The van der Waals surface area contributed by atoms with Crippen LogP contribution in [-0.2, 0) is 0 Å². The molecule has 0 spiro atoms. The molecule has 0 aliphatic heterocycles. The molecule has 0 aliphatic rings. The Bertz CT molecular complexity index is 855. The number of rotatable bonds is 6. The van der Waals surface area contributed by atoms with Crippen LogP contribution >= 0.6 is 11.8 Å². The molecule has 0 bridgehead atoms. The van der Waals surface area contributed by atoms with Gasteiger partial charge in [-0.2, -0.15) is 0 Å². The summed E-state index contributed by atoms with van der Waals surface area (Å²) in [6, 6.07) is 7.40. The minimum absolute atomic E-state index is 0.187. The van der Waals surface area contributed by atoms with Crippen molar-refractivity contribution in [1.82, 2.24) is 19.2 Å². The highest BCUT2D eigenvalue weighted by Gasteiger charge is 2.11. The third-order valence-electron chi connectivity index (χ3n) is 3.30. The molecule has 0 aliphatic carbocycles. The van der Waals surface area contributed by atoms with Gasteiger partial charge in [-0.3, -0.25) is 13.8 Å². The van der Waals surface area contributed by atoms with E-state index >= 15 is 0 Å². The van der Waals surface area contributed by atoms with Crippen LogP contribution in [0.3, 0.4) is 0 Å². The van der Waals surface area contributed by atoms with Crippen molar-refractivity contribution in [2.45, 2.75) is 25.4 Å². The van der Waals surface area contributed by atoms with Crippen LogP contribution in [-0.4, -0.2) is 31.5 Å². The Morgan fingerprint density at radius 2 is 1.91 bits per heavy atom. The summed E-state index contributed by atoms with van der Waals surface area (Å²) < 4.78 is 8.73. The number of aromatic nitrogens is 4. The van der Waals surface area contributed by atoms with Gasteiger partial charge >= 0.3 is 5.56 Å². The summed E-state index contributed by atoms with van der Waals surface area (Å²) in [5.41, 5.74) is 0.916. The van der Waals surface area contributed by atoms with Gasteiger partial charge in [0, 0.05) is 23.8 Å². The molecule has 6 nitrogen and oxygen atoms in total. The molecule has 0 fully saturated rings. The van der Waals surface area contributed by atoms with Crippen LogP contribution in [0.15, 0.2) is 46.6 Å². The monoisotopic (exact) mass is 330 g/mol. The van der Waals surface area contributed by atoms with Crippen molar-refractivity contribution in [3.63, 3.8) is 0 Å². The first-order valence-electron chi connectivity index (χ1n) is 7.57. The minimum atomic E-state index is -0.187. The third-order valence-corrected chi connectivity index (χ3v) is 4.45. The predicted octanol–water partition coefficient (Wildman–Crippen LogP) is 2.78. The van der Waals surface area contributed by atoms with E-state index in [9.17, 15) is 4.79 Å². The maximum Gasteiger partial charge on any atom is 0.300 e. The average Bonchev–Trinajstić information content (AvgIpc) is 2.98. The standard InChI is InChI=1S/C16H18N4O2S/c1-3-11-23-16-18-17-14-15(21)19(9-10-20(14)16)12-5-7-13(8-6-12)22-4-2/h5-10H,3-4,11H2,1-2H3. The molecule has 120 valence electrons. The van der Waals surface area contributed by atoms with Gasteiger partial charge in [0.2, 0.25) is 5.65 Å². The molecule has 0 atom stereocenters. The topological polar surface area (TPSA) is 61.4 Å². The summed E-state index contributed by atoms with van der Waals surface area (Å²) in [4.78, 5) is 12.6. The zero-order valence-corrected chi connectivity index (χ0v) is 13.9. The number of thioether (sulfide) groups is 1. The van der Waals surface area contributed by atoms with Crippen LogP contribution in [0.2, 0.25) is 0 Å². The van der Waals surface area contributed by atoms with E-state index in [0.717, 1.165) is 28.8 Å². The van der Waals surface area contributed by atoms with Crippen molar-refractivity contribution in [3.05, 3.63) is 47.0 Å². The van der Waals surface area contributed by atoms with Gasteiger partial charge in [0.15, 0.2) is 5.16 Å². The number of fused-ring (bicyclic) bond motifs is 1. The summed E-state index contributed by atoms with van der Waals surface area (Å²) in [6.45, 7) is 4.66. The zero-order chi connectivity index (χ0) is 16.2. The third kappa shape index (κ3) is 3.10. The van der Waals surface area contributed by atoms with Gasteiger partial charge in [0.1, 0.15) is 5.75 Å². The lowest BCUT2D eigenvalue weighted by molar-refractivity contribution is 0.340. The average molecular weight is 330 g/mol. The highest BCUT2D eigenvalue weighted by molar-refractivity contribution is 7.99. The fraction of sp³-hybridized carbons (Fsp3) is 0.312. The van der Waals surface area contributed by atoms with Crippen molar-refractivity contribution < 1.29 is 4.74 Å². The first kappa shape index (κ1) is 15.6. The lowest BCUT2D eigenvalue weighted by Gasteiger charge is -2.08. The zero-order valence-electron chi connectivity index (χ0n) is 13.1. The summed E-state index contributed by atoms with van der Waals surface area (Å²) in [5.74, 6) is 1.73. The van der Waals surface area contributed by atoms with Crippen molar-refractivity contribution >= 4 is 17.4 Å². The first-order chi connectivity index (χ1) is 11.2. The van der Waals surface area contributed by atoms with Crippen molar-refractivity contribution in [1.29, 1.82) is 0 Å². The smallest absolute Gasteiger partial charge is 0.300 e. The van der Waals surface area contributed by atoms with E-state index in [1.54, 1.807) is 26.9 Å². The molecule has 2 aromatic heterocycles. The van der Waals surface area contributed by atoms with Gasteiger partial charge in [-0.15, -0.1) is 10.2 Å². The van der Waals surface area contributed by atoms with Gasteiger partial charge < -0.3 is 4.74 Å². The molecule has 3 aromatic rings. The van der Waals surface area contributed by atoms with Crippen LogP contribution in [0, 0.1) is 0 Å². The van der Waals surface area contributed by atoms with E-state index in [-0.39, 0.29) is 5.56 Å². The molecule has 0 radical (unpaired) electrons. The molecule has 0 saturated carbocycles. The van der Waals surface area contributed by atoms with Gasteiger partial charge in [-0.05, 0) is 37.6 Å². The Hall–Kier alpha value is -2.28. The predicted molar refractivity (Wildman–Crippen MR) is 90.8 cm³/mol. The largest absolute Gasteiger partial charge is 0.494 e.